The normalized spacial score (nSPS) is 19.0. The molecule has 1 unspecified atom stereocenters. The molecule has 166 valence electrons. The number of nitrogens with one attached hydrogen (secondary N) is 1. The van der Waals surface area contributed by atoms with E-state index in [4.69, 9.17) is 4.74 Å². The van der Waals surface area contributed by atoms with E-state index in [9.17, 15) is 4.79 Å². The number of rotatable bonds is 7. The zero-order valence-corrected chi connectivity index (χ0v) is 19.9. The van der Waals surface area contributed by atoms with Crippen molar-refractivity contribution in [1.82, 2.24) is 10.2 Å². The number of benzene rings is 2. The SMILES string of the molecule is COc1ccc(C(CNC(=O)c2ccc(C3SCCCS3)cc2)N2CCCCC2)cc1. The molecule has 6 heteroatoms. The van der Waals surface area contributed by atoms with Crippen molar-refractivity contribution in [2.45, 2.75) is 36.3 Å². The molecule has 4 nitrogen and oxygen atoms in total. The molecule has 0 aromatic heterocycles. The van der Waals surface area contributed by atoms with Crippen molar-refractivity contribution in [3.8, 4) is 5.75 Å². The molecule has 2 aromatic carbocycles. The minimum Gasteiger partial charge on any atom is -0.497 e. The highest BCUT2D eigenvalue weighted by Gasteiger charge is 2.23. The molecule has 2 fully saturated rings. The van der Waals surface area contributed by atoms with Crippen molar-refractivity contribution in [2.24, 2.45) is 0 Å². The number of carbonyl (C=O) groups is 1. The number of amides is 1. The number of ether oxygens (including phenoxy) is 1. The van der Waals surface area contributed by atoms with Gasteiger partial charge in [-0.1, -0.05) is 30.7 Å². The van der Waals surface area contributed by atoms with E-state index in [0.29, 0.717) is 11.1 Å². The number of hydrogen-bond donors (Lipinski definition) is 1. The first-order chi connectivity index (χ1) is 15.2. The molecule has 1 N–H and O–H groups in total. The van der Waals surface area contributed by atoms with Gasteiger partial charge >= 0.3 is 0 Å². The van der Waals surface area contributed by atoms with E-state index >= 15 is 0 Å². The van der Waals surface area contributed by atoms with Crippen LogP contribution in [0.2, 0.25) is 0 Å². The minimum absolute atomic E-state index is 0.00558. The van der Waals surface area contributed by atoms with Gasteiger partial charge < -0.3 is 10.1 Å². The van der Waals surface area contributed by atoms with E-state index < -0.39 is 0 Å². The molecule has 2 saturated heterocycles. The summed E-state index contributed by atoms with van der Waals surface area (Å²) >= 11 is 4.02. The van der Waals surface area contributed by atoms with Gasteiger partial charge in [-0.3, -0.25) is 9.69 Å². The molecule has 4 rings (SSSR count). The highest BCUT2D eigenvalue weighted by atomic mass is 32.2. The fraction of sp³-hybridized carbons (Fsp3) is 0.480. The summed E-state index contributed by atoms with van der Waals surface area (Å²) in [5.41, 5.74) is 3.28. The molecule has 1 amide bonds. The molecule has 2 heterocycles. The van der Waals surface area contributed by atoms with Gasteiger partial charge in [0.25, 0.3) is 5.91 Å². The second kappa shape index (κ2) is 11.3. The lowest BCUT2D eigenvalue weighted by Gasteiger charge is -2.35. The van der Waals surface area contributed by atoms with Crippen molar-refractivity contribution in [3.05, 3.63) is 65.2 Å². The first kappa shape index (κ1) is 22.6. The van der Waals surface area contributed by atoms with Crippen molar-refractivity contribution >= 4 is 29.4 Å². The Morgan fingerprint density at radius 1 is 1.00 bits per heavy atom. The first-order valence-corrected chi connectivity index (χ1v) is 13.3. The summed E-state index contributed by atoms with van der Waals surface area (Å²) in [4.78, 5) is 15.4. The Morgan fingerprint density at radius 2 is 1.68 bits per heavy atom. The summed E-state index contributed by atoms with van der Waals surface area (Å²) < 4.78 is 5.82. The van der Waals surface area contributed by atoms with E-state index in [1.54, 1.807) is 7.11 Å². The number of methoxy groups -OCH3 is 1. The zero-order chi connectivity index (χ0) is 21.5. The molecule has 0 radical (unpaired) electrons. The van der Waals surface area contributed by atoms with Gasteiger partial charge in [-0.05, 0) is 79.3 Å². The summed E-state index contributed by atoms with van der Waals surface area (Å²) in [7, 11) is 1.69. The van der Waals surface area contributed by atoms with Crippen LogP contribution >= 0.6 is 23.5 Å². The molecule has 0 bridgehead atoms. The molecular weight excluding hydrogens is 424 g/mol. The molecule has 2 aliphatic heterocycles. The van der Waals surface area contributed by atoms with Gasteiger partial charge in [0.2, 0.25) is 0 Å². The number of hydrogen-bond acceptors (Lipinski definition) is 5. The van der Waals surface area contributed by atoms with E-state index in [1.165, 1.54) is 48.3 Å². The maximum Gasteiger partial charge on any atom is 0.251 e. The molecule has 2 aromatic rings. The number of piperidine rings is 1. The van der Waals surface area contributed by atoms with Crippen LogP contribution in [-0.2, 0) is 0 Å². The summed E-state index contributed by atoms with van der Waals surface area (Å²) in [5, 5.41) is 3.20. The third kappa shape index (κ3) is 5.99. The topological polar surface area (TPSA) is 41.6 Å². The average molecular weight is 457 g/mol. The molecule has 0 saturated carbocycles. The Morgan fingerprint density at radius 3 is 2.32 bits per heavy atom. The standard InChI is InChI=1S/C25H32N2O2S2/c1-29-22-12-10-19(11-13-22)23(27-14-3-2-4-15-27)18-26-24(28)20-6-8-21(9-7-20)25-30-16-5-17-31-25/h6-13,23,25H,2-5,14-18H2,1H3,(H,26,28). The van der Waals surface area contributed by atoms with Crippen molar-refractivity contribution in [2.75, 3.05) is 38.2 Å². The van der Waals surface area contributed by atoms with Crippen LogP contribution in [0.25, 0.3) is 0 Å². The van der Waals surface area contributed by atoms with Crippen molar-refractivity contribution < 1.29 is 9.53 Å². The lowest BCUT2D eigenvalue weighted by atomic mass is 10.0. The highest BCUT2D eigenvalue weighted by molar-refractivity contribution is 8.16. The predicted molar refractivity (Wildman–Crippen MR) is 132 cm³/mol. The number of carbonyl (C=O) groups excluding carboxylic acids is 1. The second-order valence-electron chi connectivity index (χ2n) is 8.14. The predicted octanol–water partition coefficient (Wildman–Crippen LogP) is 5.52. The Bertz CT molecular complexity index is 830. The molecule has 1 atom stereocenters. The minimum atomic E-state index is 0.00558. The second-order valence-corrected chi connectivity index (χ2v) is 10.9. The van der Waals surface area contributed by atoms with Gasteiger partial charge in [-0.15, -0.1) is 23.5 Å². The fourth-order valence-electron chi connectivity index (χ4n) is 4.28. The Hall–Kier alpha value is -1.63. The number of nitrogens with zero attached hydrogens (tertiary/aromatic N) is 1. The fourth-order valence-corrected chi connectivity index (χ4v) is 7.17. The third-order valence-corrected chi connectivity index (χ3v) is 9.08. The van der Waals surface area contributed by atoms with Gasteiger partial charge in [-0.2, -0.15) is 0 Å². The summed E-state index contributed by atoms with van der Waals surface area (Å²) in [6.07, 6.45) is 5.03. The largest absolute Gasteiger partial charge is 0.497 e. The quantitative estimate of drug-likeness (QED) is 0.594. The van der Waals surface area contributed by atoms with Crippen LogP contribution in [0.1, 0.15) is 57.8 Å². The monoisotopic (exact) mass is 456 g/mol. The van der Waals surface area contributed by atoms with Crippen molar-refractivity contribution in [3.63, 3.8) is 0 Å². The van der Waals surface area contributed by atoms with Gasteiger partial charge in [-0.25, -0.2) is 0 Å². The van der Waals surface area contributed by atoms with Gasteiger partial charge in [0.05, 0.1) is 17.7 Å². The number of thioether (sulfide) groups is 2. The Labute approximate surface area is 194 Å². The van der Waals surface area contributed by atoms with Gasteiger partial charge in [0, 0.05) is 12.1 Å². The van der Waals surface area contributed by atoms with Crippen LogP contribution in [0.4, 0.5) is 0 Å². The average Bonchev–Trinajstić information content (AvgIpc) is 2.86. The lowest BCUT2D eigenvalue weighted by Crippen LogP contribution is -2.40. The van der Waals surface area contributed by atoms with Gasteiger partial charge in [0.15, 0.2) is 0 Å². The highest BCUT2D eigenvalue weighted by Crippen LogP contribution is 2.43. The van der Waals surface area contributed by atoms with Crippen LogP contribution in [0.5, 0.6) is 5.75 Å². The van der Waals surface area contributed by atoms with Crippen LogP contribution in [0.15, 0.2) is 48.5 Å². The molecule has 31 heavy (non-hydrogen) atoms. The summed E-state index contributed by atoms with van der Waals surface area (Å²) in [5.74, 6) is 3.32. The van der Waals surface area contributed by atoms with E-state index in [1.807, 2.05) is 47.8 Å². The molecule has 0 aliphatic carbocycles. The summed E-state index contributed by atoms with van der Waals surface area (Å²) in [6.45, 7) is 2.78. The Kier molecular flexibility index (Phi) is 8.22. The molecule has 0 spiro atoms. The van der Waals surface area contributed by atoms with E-state index in [0.717, 1.165) is 24.4 Å². The number of likely N-dealkylation sites (tertiary alicyclic amines) is 1. The zero-order valence-electron chi connectivity index (χ0n) is 18.2. The molecule has 2 aliphatic rings. The molecular formula is C25H32N2O2S2. The summed E-state index contributed by atoms with van der Waals surface area (Å²) in [6, 6.07) is 16.6. The van der Waals surface area contributed by atoms with Crippen LogP contribution < -0.4 is 10.1 Å². The maximum absolute atomic E-state index is 12.9. The van der Waals surface area contributed by atoms with E-state index in [-0.39, 0.29) is 11.9 Å². The first-order valence-electron chi connectivity index (χ1n) is 11.2. The van der Waals surface area contributed by atoms with Crippen LogP contribution in [0, 0.1) is 0 Å². The van der Waals surface area contributed by atoms with Crippen LogP contribution in [0.3, 0.4) is 0 Å². The Balaban J connectivity index is 1.41. The smallest absolute Gasteiger partial charge is 0.251 e. The third-order valence-electron chi connectivity index (χ3n) is 6.06. The lowest BCUT2D eigenvalue weighted by molar-refractivity contribution is 0.0924. The van der Waals surface area contributed by atoms with Gasteiger partial charge in [0.1, 0.15) is 5.75 Å². The van der Waals surface area contributed by atoms with Crippen molar-refractivity contribution in [1.29, 1.82) is 0 Å². The van der Waals surface area contributed by atoms with E-state index in [2.05, 4.69) is 34.5 Å². The van der Waals surface area contributed by atoms with Crippen LogP contribution in [-0.4, -0.2) is 49.1 Å². The maximum atomic E-state index is 12.9.